The minimum atomic E-state index is -0.375. The van der Waals surface area contributed by atoms with Crippen LogP contribution in [-0.4, -0.2) is 11.0 Å². The van der Waals surface area contributed by atoms with Crippen LogP contribution in [0.1, 0.15) is 39.7 Å². The molecule has 2 N–H and O–H groups in total. The molecule has 1 heterocycles. The molecule has 8 heteroatoms. The van der Waals surface area contributed by atoms with E-state index >= 15 is 0 Å². The number of nitriles is 1. The summed E-state index contributed by atoms with van der Waals surface area (Å²) in [6.07, 6.45) is 2.98. The molecular formula is C18H15ClIN3OS2. The van der Waals surface area contributed by atoms with Gasteiger partial charge in [-0.2, -0.15) is 5.26 Å². The molecule has 0 radical (unpaired) electrons. The number of hydrogen-bond acceptors (Lipinski definition) is 4. The fraction of sp³-hybridized carbons (Fsp3) is 0.278. The number of fused-ring (bicyclic) bond motifs is 1. The first-order valence-electron chi connectivity index (χ1n) is 8.01. The summed E-state index contributed by atoms with van der Waals surface area (Å²) in [6, 6.07) is 7.48. The zero-order valence-electron chi connectivity index (χ0n) is 13.9. The molecule has 1 aliphatic carbocycles. The smallest absolute Gasteiger partial charge is 0.258 e. The zero-order chi connectivity index (χ0) is 18.8. The highest BCUT2D eigenvalue weighted by molar-refractivity contribution is 14.1. The van der Waals surface area contributed by atoms with Crippen molar-refractivity contribution in [3.05, 3.63) is 48.4 Å². The van der Waals surface area contributed by atoms with Crippen LogP contribution < -0.4 is 10.6 Å². The Morgan fingerprint density at radius 2 is 2.27 bits per heavy atom. The molecule has 3 rings (SSSR count). The van der Waals surface area contributed by atoms with Crippen LogP contribution in [0.5, 0.6) is 0 Å². The van der Waals surface area contributed by atoms with E-state index in [4.69, 9.17) is 23.8 Å². The van der Waals surface area contributed by atoms with Gasteiger partial charge in [-0.15, -0.1) is 11.3 Å². The fourth-order valence-corrected chi connectivity index (χ4v) is 5.25. The molecule has 134 valence electrons. The predicted octanol–water partition coefficient (Wildman–Crippen LogP) is 5.13. The van der Waals surface area contributed by atoms with Crippen molar-refractivity contribution in [1.82, 2.24) is 5.32 Å². The zero-order valence-corrected chi connectivity index (χ0v) is 18.4. The van der Waals surface area contributed by atoms with Crippen molar-refractivity contribution < 1.29 is 4.79 Å². The van der Waals surface area contributed by atoms with Gasteiger partial charge in [0.05, 0.1) is 16.1 Å². The summed E-state index contributed by atoms with van der Waals surface area (Å²) in [5.74, 6) is 0.245. The van der Waals surface area contributed by atoms with Crippen LogP contribution in [0.15, 0.2) is 18.2 Å². The molecule has 0 saturated heterocycles. The Bertz CT molecular complexity index is 935. The summed E-state index contributed by atoms with van der Waals surface area (Å²) in [7, 11) is 0. The first-order chi connectivity index (χ1) is 12.4. The third-order valence-corrected chi connectivity index (χ3v) is 6.63. The number of nitrogens with one attached hydrogen (secondary N) is 2. The Labute approximate surface area is 180 Å². The second-order valence-corrected chi connectivity index (χ2v) is 9.37. The molecule has 1 amide bonds. The number of thiophene rings is 1. The van der Waals surface area contributed by atoms with Crippen molar-refractivity contribution in [3.63, 3.8) is 0 Å². The number of nitrogens with zero attached hydrogens (tertiary/aromatic N) is 1. The number of carbonyl (C=O) groups is 1. The molecular weight excluding hydrogens is 501 g/mol. The number of benzene rings is 1. The lowest BCUT2D eigenvalue weighted by Crippen LogP contribution is -2.34. The maximum atomic E-state index is 12.4. The van der Waals surface area contributed by atoms with Crippen LogP contribution in [0.2, 0.25) is 5.02 Å². The van der Waals surface area contributed by atoms with Gasteiger partial charge in [0.1, 0.15) is 11.1 Å². The molecule has 4 nitrogen and oxygen atoms in total. The first kappa shape index (κ1) is 19.5. The molecule has 0 saturated carbocycles. The molecule has 0 bridgehead atoms. The average Bonchev–Trinajstić information content (AvgIpc) is 2.92. The van der Waals surface area contributed by atoms with E-state index in [9.17, 15) is 10.1 Å². The molecule has 2 aromatic rings. The van der Waals surface area contributed by atoms with E-state index in [1.165, 1.54) is 4.88 Å². The summed E-state index contributed by atoms with van der Waals surface area (Å²) in [6.45, 7) is 2.22. The summed E-state index contributed by atoms with van der Waals surface area (Å²) < 4.78 is 0.905. The monoisotopic (exact) mass is 515 g/mol. The number of anilines is 1. The van der Waals surface area contributed by atoms with Gasteiger partial charge in [0.25, 0.3) is 5.91 Å². The van der Waals surface area contributed by atoms with Gasteiger partial charge in [-0.3, -0.25) is 10.1 Å². The molecule has 1 aromatic carbocycles. The van der Waals surface area contributed by atoms with Crippen LogP contribution in [0.4, 0.5) is 5.00 Å². The average molecular weight is 516 g/mol. The Kier molecular flexibility index (Phi) is 6.17. The van der Waals surface area contributed by atoms with E-state index in [1.807, 2.05) is 6.07 Å². The van der Waals surface area contributed by atoms with Crippen molar-refractivity contribution in [2.24, 2.45) is 5.92 Å². The van der Waals surface area contributed by atoms with Crippen LogP contribution in [0, 0.1) is 20.8 Å². The second-order valence-electron chi connectivity index (χ2n) is 6.20. The van der Waals surface area contributed by atoms with E-state index in [0.29, 0.717) is 27.1 Å². The predicted molar refractivity (Wildman–Crippen MR) is 118 cm³/mol. The van der Waals surface area contributed by atoms with Gasteiger partial charge in [-0.05, 0) is 83.8 Å². The van der Waals surface area contributed by atoms with Gasteiger partial charge in [0.2, 0.25) is 0 Å². The van der Waals surface area contributed by atoms with Crippen LogP contribution >= 0.6 is 57.7 Å². The minimum Gasteiger partial charge on any atom is -0.323 e. The van der Waals surface area contributed by atoms with Crippen molar-refractivity contribution in [3.8, 4) is 6.07 Å². The van der Waals surface area contributed by atoms with Gasteiger partial charge in [-0.25, -0.2) is 0 Å². The summed E-state index contributed by atoms with van der Waals surface area (Å²) in [4.78, 5) is 13.7. The number of halogens is 2. The van der Waals surface area contributed by atoms with Crippen LogP contribution in [-0.2, 0) is 12.8 Å². The lowest BCUT2D eigenvalue weighted by Gasteiger charge is -2.17. The van der Waals surface area contributed by atoms with Gasteiger partial charge in [-0.1, -0.05) is 18.5 Å². The molecule has 0 unspecified atom stereocenters. The Hall–Kier alpha value is -1.21. The summed E-state index contributed by atoms with van der Waals surface area (Å²) >= 11 is 15.0. The van der Waals surface area contributed by atoms with Crippen molar-refractivity contribution in [1.29, 1.82) is 5.26 Å². The van der Waals surface area contributed by atoms with Gasteiger partial charge in [0.15, 0.2) is 5.11 Å². The number of thiocarbonyl (C=S) groups is 1. The number of rotatable bonds is 2. The van der Waals surface area contributed by atoms with E-state index in [2.05, 4.69) is 46.2 Å². The maximum Gasteiger partial charge on any atom is 0.258 e. The Morgan fingerprint density at radius 1 is 1.50 bits per heavy atom. The first-order valence-corrected chi connectivity index (χ1v) is 10.7. The second kappa shape index (κ2) is 8.21. The summed E-state index contributed by atoms with van der Waals surface area (Å²) in [5.41, 5.74) is 2.12. The standard InChI is InChI=1S/C18H15ClIN3OS2/c1-9-2-4-11-13(8-21)17(26-15(11)6-9)23-18(25)22-16(24)12-7-10(20)3-5-14(12)19/h3,5,7,9H,2,4,6H2,1H3,(H2,22,23,24,25)/t9-/m0/s1. The topological polar surface area (TPSA) is 64.9 Å². The third kappa shape index (κ3) is 4.19. The normalized spacial score (nSPS) is 15.7. The minimum absolute atomic E-state index is 0.160. The highest BCUT2D eigenvalue weighted by Crippen LogP contribution is 2.39. The molecule has 26 heavy (non-hydrogen) atoms. The lowest BCUT2D eigenvalue weighted by molar-refractivity contribution is 0.0978. The number of carbonyl (C=O) groups excluding carboxylic acids is 1. The number of hydrogen-bond donors (Lipinski definition) is 2. The van der Waals surface area contributed by atoms with Crippen LogP contribution in [0.3, 0.4) is 0 Å². The largest absolute Gasteiger partial charge is 0.323 e. The quantitative estimate of drug-likeness (QED) is 0.430. The van der Waals surface area contributed by atoms with E-state index in [-0.39, 0.29) is 11.0 Å². The maximum absolute atomic E-state index is 12.4. The highest BCUT2D eigenvalue weighted by atomic mass is 127. The van der Waals surface area contributed by atoms with Crippen molar-refractivity contribution >= 4 is 73.8 Å². The van der Waals surface area contributed by atoms with E-state index < -0.39 is 0 Å². The Balaban J connectivity index is 1.76. The fourth-order valence-electron chi connectivity index (χ4n) is 2.93. The number of amides is 1. The third-order valence-electron chi connectivity index (χ3n) is 4.25. The molecule has 1 atom stereocenters. The Morgan fingerprint density at radius 3 is 3.00 bits per heavy atom. The molecule has 0 spiro atoms. The van der Waals surface area contributed by atoms with Crippen molar-refractivity contribution in [2.45, 2.75) is 26.2 Å². The van der Waals surface area contributed by atoms with Gasteiger partial charge >= 0.3 is 0 Å². The van der Waals surface area contributed by atoms with Gasteiger partial charge in [0, 0.05) is 8.45 Å². The lowest BCUT2D eigenvalue weighted by atomic mass is 9.89. The molecule has 1 aromatic heterocycles. The molecule has 0 aliphatic heterocycles. The van der Waals surface area contributed by atoms with Gasteiger partial charge < -0.3 is 5.32 Å². The van der Waals surface area contributed by atoms with E-state index in [0.717, 1.165) is 28.4 Å². The molecule has 0 fully saturated rings. The highest BCUT2D eigenvalue weighted by Gasteiger charge is 2.24. The SMILES string of the molecule is C[C@H]1CCc2c(sc(NC(=S)NC(=O)c3cc(I)ccc3Cl)c2C#N)C1. The van der Waals surface area contributed by atoms with E-state index in [1.54, 1.807) is 23.5 Å². The van der Waals surface area contributed by atoms with Crippen LogP contribution in [0.25, 0.3) is 0 Å². The van der Waals surface area contributed by atoms with Crippen molar-refractivity contribution in [2.75, 3.05) is 5.32 Å². The summed E-state index contributed by atoms with van der Waals surface area (Å²) in [5, 5.41) is 16.4. The molecule has 1 aliphatic rings.